The lowest BCUT2D eigenvalue weighted by molar-refractivity contribution is -0.384. The van der Waals surface area contributed by atoms with Crippen molar-refractivity contribution in [1.29, 1.82) is 0 Å². The third-order valence-electron chi connectivity index (χ3n) is 4.51. The number of aromatic nitrogens is 4. The third kappa shape index (κ3) is 3.22. The Morgan fingerprint density at radius 1 is 1.27 bits per heavy atom. The van der Waals surface area contributed by atoms with Gasteiger partial charge in [-0.05, 0) is 32.8 Å². The Morgan fingerprint density at radius 3 is 2.46 bits per heavy atom. The van der Waals surface area contributed by atoms with E-state index < -0.39 is 4.92 Å². The van der Waals surface area contributed by atoms with Gasteiger partial charge in [0.15, 0.2) is 0 Å². The van der Waals surface area contributed by atoms with Crippen LogP contribution in [0.25, 0.3) is 5.82 Å². The zero-order valence-electron chi connectivity index (χ0n) is 14.9. The van der Waals surface area contributed by atoms with Gasteiger partial charge in [-0.1, -0.05) is 0 Å². The van der Waals surface area contributed by atoms with Crippen molar-refractivity contribution >= 4 is 17.5 Å². The number of hydrogen-bond acceptors (Lipinski definition) is 8. The summed E-state index contributed by atoms with van der Waals surface area (Å²) < 4.78 is 6.24. The van der Waals surface area contributed by atoms with Crippen LogP contribution >= 0.6 is 0 Å². The number of esters is 1. The van der Waals surface area contributed by atoms with Gasteiger partial charge in [-0.25, -0.2) is 14.6 Å². The molecule has 1 aliphatic rings. The molecule has 0 saturated carbocycles. The fourth-order valence-electron chi connectivity index (χ4n) is 3.25. The van der Waals surface area contributed by atoms with Crippen LogP contribution in [0, 0.1) is 29.9 Å². The maximum atomic E-state index is 11.8. The summed E-state index contributed by atoms with van der Waals surface area (Å²) >= 11 is 0. The standard InChI is InChI=1S/C16H20N6O4/c1-10-8-11(2)21(19-10)15-13(22(24)25)14(17-9-18-15)20-6-4-12(5-7-20)16(23)26-3/h8-9,12H,4-7H2,1-3H3. The molecule has 0 aliphatic carbocycles. The highest BCUT2D eigenvalue weighted by Gasteiger charge is 2.33. The number of rotatable bonds is 4. The molecule has 1 aliphatic heterocycles. The van der Waals surface area contributed by atoms with Crippen LogP contribution in [0.3, 0.4) is 0 Å². The predicted octanol–water partition coefficient (Wildman–Crippen LogP) is 1.58. The van der Waals surface area contributed by atoms with Gasteiger partial charge in [-0.2, -0.15) is 5.10 Å². The topological polar surface area (TPSA) is 116 Å². The number of nitrogens with zero attached hydrogens (tertiary/aromatic N) is 6. The first-order valence-corrected chi connectivity index (χ1v) is 8.28. The van der Waals surface area contributed by atoms with Gasteiger partial charge in [-0.15, -0.1) is 0 Å². The Morgan fingerprint density at radius 2 is 1.92 bits per heavy atom. The highest BCUT2D eigenvalue weighted by atomic mass is 16.6. The molecular formula is C16H20N6O4. The van der Waals surface area contributed by atoms with E-state index in [0.717, 1.165) is 11.4 Å². The van der Waals surface area contributed by atoms with Crippen molar-refractivity contribution in [3.63, 3.8) is 0 Å². The zero-order chi connectivity index (χ0) is 18.8. The predicted molar refractivity (Wildman–Crippen MR) is 92.2 cm³/mol. The fourth-order valence-corrected chi connectivity index (χ4v) is 3.25. The summed E-state index contributed by atoms with van der Waals surface area (Å²) in [5.41, 5.74) is 1.31. The molecule has 0 amide bonds. The lowest BCUT2D eigenvalue weighted by Gasteiger charge is -2.31. The van der Waals surface area contributed by atoms with Gasteiger partial charge in [0.25, 0.3) is 0 Å². The second-order valence-corrected chi connectivity index (χ2v) is 6.25. The monoisotopic (exact) mass is 360 g/mol. The van der Waals surface area contributed by atoms with Crippen molar-refractivity contribution in [3.8, 4) is 5.82 Å². The second kappa shape index (κ2) is 7.06. The fraction of sp³-hybridized carbons (Fsp3) is 0.500. The summed E-state index contributed by atoms with van der Waals surface area (Å²) in [6, 6.07) is 1.83. The van der Waals surface area contributed by atoms with E-state index >= 15 is 0 Å². The Balaban J connectivity index is 1.96. The Hall–Kier alpha value is -3.04. The normalized spacial score (nSPS) is 15.1. The van der Waals surface area contributed by atoms with Gasteiger partial charge in [0.05, 0.1) is 23.6 Å². The van der Waals surface area contributed by atoms with Crippen LogP contribution in [0.5, 0.6) is 0 Å². The van der Waals surface area contributed by atoms with Crippen LogP contribution in [0.15, 0.2) is 12.4 Å². The SMILES string of the molecule is COC(=O)C1CCN(c2ncnc(-n3nc(C)cc3C)c2[N+](=O)[O-])CC1. The number of anilines is 1. The molecule has 3 rings (SSSR count). The summed E-state index contributed by atoms with van der Waals surface area (Å²) in [4.78, 5) is 33.0. The average molecular weight is 360 g/mol. The molecule has 1 fully saturated rings. The maximum absolute atomic E-state index is 11.8. The van der Waals surface area contributed by atoms with Gasteiger partial charge in [0, 0.05) is 18.8 Å². The van der Waals surface area contributed by atoms with Crippen molar-refractivity contribution in [2.45, 2.75) is 26.7 Å². The molecule has 0 bridgehead atoms. The van der Waals surface area contributed by atoms with Crippen LogP contribution in [-0.4, -0.2) is 50.8 Å². The van der Waals surface area contributed by atoms with E-state index in [4.69, 9.17) is 4.74 Å². The van der Waals surface area contributed by atoms with Gasteiger partial charge < -0.3 is 9.64 Å². The van der Waals surface area contributed by atoms with Crippen LogP contribution < -0.4 is 4.90 Å². The molecule has 2 aromatic heterocycles. The molecule has 0 spiro atoms. The summed E-state index contributed by atoms with van der Waals surface area (Å²) in [7, 11) is 1.37. The highest BCUT2D eigenvalue weighted by Crippen LogP contribution is 2.33. The van der Waals surface area contributed by atoms with Crippen molar-refractivity contribution < 1.29 is 14.5 Å². The van der Waals surface area contributed by atoms with Crippen molar-refractivity contribution in [2.24, 2.45) is 5.92 Å². The number of carbonyl (C=O) groups is 1. The summed E-state index contributed by atoms with van der Waals surface area (Å²) in [6.45, 7) is 4.59. The lowest BCUT2D eigenvalue weighted by atomic mass is 9.97. The molecule has 3 heterocycles. The van der Waals surface area contributed by atoms with Crippen LogP contribution in [0.4, 0.5) is 11.5 Å². The van der Waals surface area contributed by atoms with Crippen LogP contribution in [0.1, 0.15) is 24.2 Å². The van der Waals surface area contributed by atoms with E-state index in [-0.39, 0.29) is 29.2 Å². The average Bonchev–Trinajstić information content (AvgIpc) is 2.98. The number of ether oxygens (including phenoxy) is 1. The molecule has 10 nitrogen and oxygen atoms in total. The molecule has 26 heavy (non-hydrogen) atoms. The maximum Gasteiger partial charge on any atom is 0.355 e. The quantitative estimate of drug-likeness (QED) is 0.458. The Labute approximate surface area is 150 Å². The van der Waals surface area contributed by atoms with E-state index in [9.17, 15) is 14.9 Å². The number of hydrogen-bond donors (Lipinski definition) is 0. The third-order valence-corrected chi connectivity index (χ3v) is 4.51. The first-order valence-electron chi connectivity index (χ1n) is 8.28. The van der Waals surface area contributed by atoms with E-state index in [1.54, 1.807) is 0 Å². The first kappa shape index (κ1) is 17.8. The molecule has 1 saturated heterocycles. The summed E-state index contributed by atoms with van der Waals surface area (Å²) in [5.74, 6) is -0.0469. The minimum absolute atomic E-state index is 0.140. The van der Waals surface area contributed by atoms with E-state index in [0.29, 0.717) is 25.9 Å². The lowest BCUT2D eigenvalue weighted by Crippen LogP contribution is -2.37. The van der Waals surface area contributed by atoms with Gasteiger partial charge in [0.2, 0.25) is 11.6 Å². The number of piperidine rings is 1. The molecule has 0 aromatic carbocycles. The molecular weight excluding hydrogens is 340 g/mol. The number of aryl methyl sites for hydroxylation is 2. The molecule has 0 atom stereocenters. The first-order chi connectivity index (χ1) is 12.4. The molecule has 0 N–H and O–H groups in total. The molecule has 0 unspecified atom stereocenters. The van der Waals surface area contributed by atoms with Crippen molar-refractivity contribution in [2.75, 3.05) is 25.1 Å². The summed E-state index contributed by atoms with van der Waals surface area (Å²) in [5, 5.41) is 16.1. The second-order valence-electron chi connectivity index (χ2n) is 6.25. The molecule has 2 aromatic rings. The molecule has 0 radical (unpaired) electrons. The van der Waals surface area contributed by atoms with Gasteiger partial charge in [-0.3, -0.25) is 14.9 Å². The minimum Gasteiger partial charge on any atom is -0.469 e. The smallest absolute Gasteiger partial charge is 0.355 e. The molecule has 10 heteroatoms. The Bertz CT molecular complexity index is 841. The van der Waals surface area contributed by atoms with Crippen molar-refractivity contribution in [1.82, 2.24) is 19.7 Å². The van der Waals surface area contributed by atoms with Gasteiger partial charge >= 0.3 is 11.7 Å². The number of nitro groups is 1. The number of carbonyl (C=O) groups excluding carboxylic acids is 1. The van der Waals surface area contributed by atoms with Gasteiger partial charge in [0.1, 0.15) is 6.33 Å². The highest BCUT2D eigenvalue weighted by molar-refractivity contribution is 5.73. The number of methoxy groups -OCH3 is 1. The van der Waals surface area contributed by atoms with Crippen molar-refractivity contribution in [3.05, 3.63) is 33.9 Å². The zero-order valence-corrected chi connectivity index (χ0v) is 14.9. The van der Waals surface area contributed by atoms with Crippen LogP contribution in [-0.2, 0) is 9.53 Å². The Kier molecular flexibility index (Phi) is 4.83. The largest absolute Gasteiger partial charge is 0.469 e. The van der Waals surface area contributed by atoms with E-state index in [2.05, 4.69) is 15.1 Å². The van der Waals surface area contributed by atoms with E-state index in [1.807, 2.05) is 24.8 Å². The summed E-state index contributed by atoms with van der Waals surface area (Å²) in [6.07, 6.45) is 2.42. The minimum atomic E-state index is -0.479. The van der Waals surface area contributed by atoms with E-state index in [1.165, 1.54) is 18.1 Å². The van der Waals surface area contributed by atoms with Crippen LogP contribution in [0.2, 0.25) is 0 Å². The molecule has 138 valence electrons.